The number of aryl methyl sites for hydroxylation is 1. The van der Waals surface area contributed by atoms with Crippen molar-refractivity contribution in [2.45, 2.75) is 32.4 Å². The summed E-state index contributed by atoms with van der Waals surface area (Å²) in [5.74, 6) is 0.811. The first-order valence-corrected chi connectivity index (χ1v) is 9.13. The normalized spacial score (nSPS) is 16.0. The number of hydrogen-bond donors (Lipinski definition) is 1. The van der Waals surface area contributed by atoms with Crippen molar-refractivity contribution < 1.29 is 9.21 Å². The van der Waals surface area contributed by atoms with Crippen molar-refractivity contribution in [1.82, 2.24) is 15.2 Å². The van der Waals surface area contributed by atoms with Gasteiger partial charge in [0.15, 0.2) is 0 Å². The number of carbonyl (C=O) groups is 1. The van der Waals surface area contributed by atoms with Crippen LogP contribution in [0.15, 0.2) is 53.2 Å². The van der Waals surface area contributed by atoms with E-state index < -0.39 is 0 Å². The van der Waals surface area contributed by atoms with Gasteiger partial charge in [0.1, 0.15) is 17.4 Å². The molecule has 0 aliphatic carbocycles. The summed E-state index contributed by atoms with van der Waals surface area (Å²) in [6, 6.07) is 11.5. The molecule has 3 aromatic rings. The predicted octanol–water partition coefficient (Wildman–Crippen LogP) is 3.59. The Kier molecular flexibility index (Phi) is 4.71. The molecule has 1 amide bonds. The summed E-state index contributed by atoms with van der Waals surface area (Å²) >= 11 is 0. The Balaban J connectivity index is 1.53. The Morgan fingerprint density at radius 1 is 1.23 bits per heavy atom. The monoisotopic (exact) mass is 349 g/mol. The van der Waals surface area contributed by atoms with Crippen molar-refractivity contribution in [1.29, 1.82) is 0 Å². The Labute approximate surface area is 153 Å². The van der Waals surface area contributed by atoms with E-state index >= 15 is 0 Å². The van der Waals surface area contributed by atoms with Gasteiger partial charge in [-0.15, -0.1) is 0 Å². The van der Waals surface area contributed by atoms with E-state index in [2.05, 4.69) is 15.2 Å². The molecule has 1 N–H and O–H groups in total. The molecule has 1 fully saturated rings. The van der Waals surface area contributed by atoms with E-state index in [0.29, 0.717) is 6.54 Å². The molecule has 0 bridgehead atoms. The maximum absolute atomic E-state index is 13.0. The Morgan fingerprint density at radius 2 is 2.04 bits per heavy atom. The van der Waals surface area contributed by atoms with E-state index in [9.17, 15) is 4.79 Å². The Hall–Kier alpha value is -2.66. The van der Waals surface area contributed by atoms with E-state index in [0.717, 1.165) is 53.8 Å². The highest BCUT2D eigenvalue weighted by Gasteiger charge is 2.30. The number of rotatable bonds is 5. The highest BCUT2D eigenvalue weighted by molar-refractivity contribution is 5.84. The average Bonchev–Trinajstić information content (AvgIpc) is 3.30. The van der Waals surface area contributed by atoms with Crippen molar-refractivity contribution in [2.75, 3.05) is 13.1 Å². The minimum absolute atomic E-state index is 0.000226. The molecule has 26 heavy (non-hydrogen) atoms. The number of aromatic nitrogens is 1. The topological polar surface area (TPSA) is 58.4 Å². The number of amides is 1. The van der Waals surface area contributed by atoms with E-state index in [1.54, 1.807) is 12.4 Å². The third-order valence-electron chi connectivity index (χ3n) is 5.12. The van der Waals surface area contributed by atoms with E-state index in [-0.39, 0.29) is 11.9 Å². The fraction of sp³-hybridized carbons (Fsp3) is 0.333. The van der Waals surface area contributed by atoms with Gasteiger partial charge in [0.25, 0.3) is 0 Å². The molecular weight excluding hydrogens is 326 g/mol. The molecule has 1 saturated heterocycles. The third kappa shape index (κ3) is 3.22. The van der Waals surface area contributed by atoms with Gasteiger partial charge in [0, 0.05) is 23.3 Å². The van der Waals surface area contributed by atoms with Gasteiger partial charge < -0.3 is 9.73 Å². The lowest BCUT2D eigenvalue weighted by Crippen LogP contribution is -2.39. The summed E-state index contributed by atoms with van der Waals surface area (Å²) in [7, 11) is 0. The van der Waals surface area contributed by atoms with Crippen LogP contribution in [-0.4, -0.2) is 28.9 Å². The Morgan fingerprint density at radius 3 is 2.77 bits per heavy atom. The molecule has 2 aromatic heterocycles. The summed E-state index contributed by atoms with van der Waals surface area (Å²) in [6.45, 7) is 4.31. The summed E-state index contributed by atoms with van der Waals surface area (Å²) < 4.78 is 5.92. The van der Waals surface area contributed by atoms with Crippen LogP contribution in [0.3, 0.4) is 0 Å². The van der Waals surface area contributed by atoms with Gasteiger partial charge in [-0.3, -0.25) is 14.7 Å². The van der Waals surface area contributed by atoms with Crippen LogP contribution in [0.4, 0.5) is 0 Å². The summed E-state index contributed by atoms with van der Waals surface area (Å²) in [4.78, 5) is 19.4. The number of hydrogen-bond acceptors (Lipinski definition) is 4. The van der Waals surface area contributed by atoms with Crippen LogP contribution in [0.1, 0.15) is 35.8 Å². The number of furan rings is 1. The average molecular weight is 349 g/mol. The molecule has 3 heterocycles. The largest absolute Gasteiger partial charge is 0.459 e. The van der Waals surface area contributed by atoms with Crippen LogP contribution in [0, 0.1) is 6.92 Å². The molecule has 0 saturated carbocycles. The molecular formula is C21H23N3O2. The first-order chi connectivity index (χ1) is 12.7. The quantitative estimate of drug-likeness (QED) is 0.765. The highest BCUT2D eigenvalue weighted by Crippen LogP contribution is 2.27. The van der Waals surface area contributed by atoms with Crippen LogP contribution in [0.5, 0.6) is 0 Å². The number of para-hydroxylation sites is 1. The number of nitrogens with one attached hydrogen (secondary N) is 1. The fourth-order valence-electron chi connectivity index (χ4n) is 3.72. The minimum atomic E-state index is -0.295. The highest BCUT2D eigenvalue weighted by atomic mass is 16.3. The maximum atomic E-state index is 13.0. The van der Waals surface area contributed by atoms with Gasteiger partial charge in [0.05, 0.1) is 6.54 Å². The van der Waals surface area contributed by atoms with Crippen molar-refractivity contribution in [3.63, 3.8) is 0 Å². The summed E-state index contributed by atoms with van der Waals surface area (Å²) in [5.41, 5.74) is 2.88. The van der Waals surface area contributed by atoms with Gasteiger partial charge in [0.2, 0.25) is 5.91 Å². The molecule has 5 nitrogen and oxygen atoms in total. The number of pyridine rings is 1. The third-order valence-corrected chi connectivity index (χ3v) is 5.12. The first kappa shape index (κ1) is 16.8. The number of likely N-dealkylation sites (tertiary alicyclic amines) is 1. The van der Waals surface area contributed by atoms with Gasteiger partial charge in [-0.2, -0.15) is 0 Å². The molecule has 1 aliphatic rings. The lowest BCUT2D eigenvalue weighted by Gasteiger charge is -2.26. The van der Waals surface area contributed by atoms with E-state index in [1.165, 1.54) is 0 Å². The number of fused-ring (bicyclic) bond motifs is 1. The van der Waals surface area contributed by atoms with Crippen LogP contribution in [0.25, 0.3) is 11.0 Å². The van der Waals surface area contributed by atoms with Crippen molar-refractivity contribution in [3.8, 4) is 0 Å². The van der Waals surface area contributed by atoms with Gasteiger partial charge in [-0.05, 0) is 50.6 Å². The summed E-state index contributed by atoms with van der Waals surface area (Å²) in [5, 5.41) is 4.17. The molecule has 0 spiro atoms. The van der Waals surface area contributed by atoms with Gasteiger partial charge in [-0.1, -0.05) is 24.3 Å². The SMILES string of the molecule is Cc1c(CNC(=O)[C@H](c2cccnc2)N2CCCC2)oc2ccccc12. The van der Waals surface area contributed by atoms with Crippen LogP contribution in [-0.2, 0) is 11.3 Å². The second-order valence-electron chi connectivity index (χ2n) is 6.80. The molecule has 1 aliphatic heterocycles. The zero-order valence-corrected chi connectivity index (χ0v) is 14.9. The Bertz CT molecular complexity index is 898. The number of nitrogens with zero attached hydrogens (tertiary/aromatic N) is 2. The van der Waals surface area contributed by atoms with Gasteiger partial charge in [-0.25, -0.2) is 0 Å². The molecule has 0 radical (unpaired) electrons. The zero-order valence-electron chi connectivity index (χ0n) is 14.9. The molecule has 0 unspecified atom stereocenters. The first-order valence-electron chi connectivity index (χ1n) is 9.13. The molecule has 134 valence electrons. The van der Waals surface area contributed by atoms with Gasteiger partial charge >= 0.3 is 0 Å². The van der Waals surface area contributed by atoms with Crippen LogP contribution < -0.4 is 5.32 Å². The van der Waals surface area contributed by atoms with Crippen molar-refractivity contribution in [3.05, 3.63) is 65.7 Å². The second-order valence-corrected chi connectivity index (χ2v) is 6.80. The molecule has 4 rings (SSSR count). The van der Waals surface area contributed by atoms with Crippen molar-refractivity contribution >= 4 is 16.9 Å². The predicted molar refractivity (Wildman–Crippen MR) is 101 cm³/mol. The lowest BCUT2D eigenvalue weighted by atomic mass is 10.1. The minimum Gasteiger partial charge on any atom is -0.459 e. The lowest BCUT2D eigenvalue weighted by molar-refractivity contribution is -0.126. The number of benzene rings is 1. The van der Waals surface area contributed by atoms with E-state index in [4.69, 9.17) is 4.42 Å². The fourth-order valence-corrected chi connectivity index (χ4v) is 3.72. The molecule has 1 aromatic carbocycles. The second kappa shape index (κ2) is 7.30. The smallest absolute Gasteiger partial charge is 0.242 e. The van der Waals surface area contributed by atoms with Crippen LogP contribution in [0.2, 0.25) is 0 Å². The van der Waals surface area contributed by atoms with Crippen LogP contribution >= 0.6 is 0 Å². The zero-order chi connectivity index (χ0) is 17.9. The van der Waals surface area contributed by atoms with Crippen molar-refractivity contribution in [2.24, 2.45) is 0 Å². The molecule has 1 atom stereocenters. The number of carbonyl (C=O) groups excluding carboxylic acids is 1. The van der Waals surface area contributed by atoms with E-state index in [1.807, 2.05) is 43.3 Å². The molecule has 5 heteroatoms. The summed E-state index contributed by atoms with van der Waals surface area (Å²) in [6.07, 6.45) is 5.79. The standard InChI is InChI=1S/C21H23N3O2/c1-15-17-8-2-3-9-18(17)26-19(15)14-23-21(25)20(24-11-4-5-12-24)16-7-6-10-22-13-16/h2-3,6-10,13,20H,4-5,11-12,14H2,1H3,(H,23,25)/t20-/m0/s1. The maximum Gasteiger partial charge on any atom is 0.242 e.